The van der Waals surface area contributed by atoms with Gasteiger partial charge in [-0.3, -0.25) is 14.4 Å². The average Bonchev–Trinajstić information content (AvgIpc) is 2.72. The Morgan fingerprint density at radius 2 is 2.00 bits per heavy atom. The van der Waals surface area contributed by atoms with E-state index in [-0.39, 0.29) is 31.5 Å². The van der Waals surface area contributed by atoms with E-state index in [0.717, 1.165) is 0 Å². The first-order valence-electron chi connectivity index (χ1n) is 10.6. The highest BCUT2D eigenvalue weighted by atomic mass is 16.6. The molecular formula is C23H34O8. The lowest BCUT2D eigenvalue weighted by atomic mass is 9.83. The topological polar surface area (TPSA) is 116 Å². The Kier molecular flexibility index (Phi) is 12.0. The van der Waals surface area contributed by atoms with Crippen LogP contribution in [0.5, 0.6) is 0 Å². The molecule has 8 nitrogen and oxygen atoms in total. The molecule has 0 aromatic rings. The van der Waals surface area contributed by atoms with Gasteiger partial charge in [0.15, 0.2) is 5.78 Å². The molecule has 1 heterocycles. The third kappa shape index (κ3) is 9.14. The lowest BCUT2D eigenvalue weighted by molar-refractivity contribution is -0.173. The number of hydrogen-bond acceptors (Lipinski definition) is 8. The van der Waals surface area contributed by atoms with Crippen LogP contribution in [0.25, 0.3) is 0 Å². The van der Waals surface area contributed by atoms with Crippen LogP contribution in [0.1, 0.15) is 52.9 Å². The zero-order valence-corrected chi connectivity index (χ0v) is 18.7. The van der Waals surface area contributed by atoms with Gasteiger partial charge in [0.05, 0.1) is 12.5 Å². The fraction of sp³-hybridized carbons (Fsp3) is 0.652. The van der Waals surface area contributed by atoms with Gasteiger partial charge in [-0.25, -0.2) is 0 Å². The Labute approximate surface area is 183 Å². The molecule has 1 aliphatic heterocycles. The quantitative estimate of drug-likeness (QED) is 0.513. The van der Waals surface area contributed by atoms with Crippen molar-refractivity contribution < 1.29 is 38.5 Å². The van der Waals surface area contributed by atoms with Crippen molar-refractivity contribution >= 4 is 24.0 Å². The lowest BCUT2D eigenvalue weighted by Crippen LogP contribution is -2.47. The van der Waals surface area contributed by atoms with E-state index in [2.05, 4.69) is 0 Å². The molecule has 0 aromatic heterocycles. The van der Waals surface area contributed by atoms with E-state index in [1.807, 2.05) is 0 Å². The van der Waals surface area contributed by atoms with Crippen LogP contribution in [-0.4, -0.2) is 60.6 Å². The summed E-state index contributed by atoms with van der Waals surface area (Å²) in [5.41, 5.74) is 0. The van der Waals surface area contributed by atoms with Crippen molar-refractivity contribution in [1.29, 1.82) is 0 Å². The molecule has 0 aliphatic carbocycles. The van der Waals surface area contributed by atoms with Gasteiger partial charge in [0.25, 0.3) is 0 Å². The van der Waals surface area contributed by atoms with E-state index < -0.39 is 48.2 Å². The standard InChI is InChI=1S/C23H34O8/c1-5-20(26)31-19-14-21(27)30-16(3)9-7-6-8-10-18(25)15(2)13-17(11-12-24)22(28)23(19)29-4/h6-8,10,12,15-17,19,22-23,28H,5,9,11,13-14H2,1-4H3/b7-6+,10-8+/t15-,16-,17?,19?,22+,23+/m1/s1. The largest absolute Gasteiger partial charge is 0.462 e. The number of carbonyl (C=O) groups excluding carboxylic acids is 4. The molecule has 0 fully saturated rings. The maximum Gasteiger partial charge on any atom is 0.309 e. The molecule has 0 bridgehead atoms. The van der Waals surface area contributed by atoms with Gasteiger partial charge in [0.2, 0.25) is 0 Å². The number of esters is 2. The highest BCUT2D eigenvalue weighted by Crippen LogP contribution is 2.26. The predicted octanol–water partition coefficient (Wildman–Crippen LogP) is 2.32. The van der Waals surface area contributed by atoms with E-state index in [1.54, 1.807) is 39.0 Å². The minimum atomic E-state index is -1.25. The molecule has 0 radical (unpaired) electrons. The predicted molar refractivity (Wildman–Crippen MR) is 113 cm³/mol. The number of aldehydes is 1. The van der Waals surface area contributed by atoms with Crippen LogP contribution >= 0.6 is 0 Å². The number of aliphatic hydroxyl groups is 1. The van der Waals surface area contributed by atoms with Gasteiger partial charge in [-0.2, -0.15) is 0 Å². The number of allylic oxidation sites excluding steroid dienone is 3. The summed E-state index contributed by atoms with van der Waals surface area (Å²) in [5.74, 6) is -2.37. The van der Waals surface area contributed by atoms with E-state index in [1.165, 1.54) is 13.2 Å². The minimum absolute atomic E-state index is 0.0157. The van der Waals surface area contributed by atoms with Crippen molar-refractivity contribution in [3.63, 3.8) is 0 Å². The highest BCUT2D eigenvalue weighted by molar-refractivity contribution is 5.91. The molecule has 0 aromatic carbocycles. The molecule has 2 unspecified atom stereocenters. The second-order valence-electron chi connectivity index (χ2n) is 7.80. The smallest absolute Gasteiger partial charge is 0.309 e. The Hall–Kier alpha value is -2.32. The number of aliphatic hydroxyl groups excluding tert-OH is 1. The van der Waals surface area contributed by atoms with Gasteiger partial charge in [-0.1, -0.05) is 32.1 Å². The van der Waals surface area contributed by atoms with Crippen molar-refractivity contribution in [1.82, 2.24) is 0 Å². The van der Waals surface area contributed by atoms with Gasteiger partial charge >= 0.3 is 11.9 Å². The molecular weight excluding hydrogens is 404 g/mol. The summed E-state index contributed by atoms with van der Waals surface area (Å²) in [5, 5.41) is 11.0. The Balaban J connectivity index is 3.28. The average molecular weight is 439 g/mol. The second kappa shape index (κ2) is 13.9. The molecule has 0 amide bonds. The molecule has 0 saturated carbocycles. The Bertz CT molecular complexity index is 668. The van der Waals surface area contributed by atoms with Crippen LogP contribution in [0, 0.1) is 11.8 Å². The molecule has 1 rings (SSSR count). The summed E-state index contributed by atoms with van der Waals surface area (Å²) in [7, 11) is 1.33. The number of carbonyl (C=O) groups is 4. The molecule has 6 atom stereocenters. The fourth-order valence-electron chi connectivity index (χ4n) is 3.47. The molecule has 174 valence electrons. The van der Waals surface area contributed by atoms with Crippen molar-refractivity contribution in [3.05, 3.63) is 24.3 Å². The summed E-state index contributed by atoms with van der Waals surface area (Å²) in [6, 6.07) is 0. The summed E-state index contributed by atoms with van der Waals surface area (Å²) in [4.78, 5) is 48.0. The summed E-state index contributed by atoms with van der Waals surface area (Å²) >= 11 is 0. The molecule has 1 N–H and O–H groups in total. The van der Waals surface area contributed by atoms with Crippen LogP contribution in [0.3, 0.4) is 0 Å². The third-order valence-corrected chi connectivity index (χ3v) is 5.25. The second-order valence-corrected chi connectivity index (χ2v) is 7.80. The normalized spacial score (nSPS) is 33.2. The lowest BCUT2D eigenvalue weighted by Gasteiger charge is -2.33. The number of hydrogen-bond donors (Lipinski definition) is 1. The molecule has 0 saturated heterocycles. The molecule has 31 heavy (non-hydrogen) atoms. The van der Waals surface area contributed by atoms with Gasteiger partial charge in [-0.15, -0.1) is 0 Å². The van der Waals surface area contributed by atoms with Crippen molar-refractivity contribution in [2.45, 2.75) is 77.3 Å². The first kappa shape index (κ1) is 26.7. The Morgan fingerprint density at radius 3 is 2.61 bits per heavy atom. The van der Waals surface area contributed by atoms with Crippen LogP contribution in [0.4, 0.5) is 0 Å². The number of ether oxygens (including phenoxy) is 3. The van der Waals surface area contributed by atoms with Gasteiger partial charge in [-0.05, 0) is 25.3 Å². The van der Waals surface area contributed by atoms with Crippen LogP contribution in [-0.2, 0) is 33.4 Å². The zero-order chi connectivity index (χ0) is 23.4. The van der Waals surface area contributed by atoms with Crippen molar-refractivity contribution in [2.75, 3.05) is 7.11 Å². The molecule has 1 aliphatic rings. The van der Waals surface area contributed by atoms with Crippen LogP contribution in [0.2, 0.25) is 0 Å². The Morgan fingerprint density at radius 1 is 1.29 bits per heavy atom. The van der Waals surface area contributed by atoms with Crippen LogP contribution < -0.4 is 0 Å². The summed E-state index contributed by atoms with van der Waals surface area (Å²) in [6.45, 7) is 5.05. The highest BCUT2D eigenvalue weighted by Gasteiger charge is 2.38. The number of methoxy groups -OCH3 is 1. The number of rotatable bonds is 5. The third-order valence-electron chi connectivity index (χ3n) is 5.25. The van der Waals surface area contributed by atoms with Gasteiger partial charge < -0.3 is 24.1 Å². The minimum Gasteiger partial charge on any atom is -0.462 e. The summed E-state index contributed by atoms with van der Waals surface area (Å²) < 4.78 is 16.2. The summed E-state index contributed by atoms with van der Waals surface area (Å²) in [6.07, 6.45) is 3.76. The fourth-order valence-corrected chi connectivity index (χ4v) is 3.47. The van der Waals surface area contributed by atoms with E-state index >= 15 is 0 Å². The van der Waals surface area contributed by atoms with Crippen molar-refractivity contribution in [2.24, 2.45) is 11.8 Å². The maximum absolute atomic E-state index is 12.4. The SMILES string of the molecule is CCC(=O)OC1CC(=O)O[C@H](C)C/C=C/C=C/C(=O)[C@H](C)CC(CC=O)[C@H](O)[C@H]1OC. The first-order chi connectivity index (χ1) is 14.7. The van der Waals surface area contributed by atoms with Crippen LogP contribution in [0.15, 0.2) is 24.3 Å². The van der Waals surface area contributed by atoms with Crippen molar-refractivity contribution in [3.8, 4) is 0 Å². The van der Waals surface area contributed by atoms with Gasteiger partial charge in [0, 0.05) is 32.3 Å². The first-order valence-corrected chi connectivity index (χ1v) is 10.6. The number of ketones is 1. The van der Waals surface area contributed by atoms with Gasteiger partial charge in [0.1, 0.15) is 24.6 Å². The van der Waals surface area contributed by atoms with E-state index in [0.29, 0.717) is 12.7 Å². The van der Waals surface area contributed by atoms with E-state index in [4.69, 9.17) is 14.2 Å². The monoisotopic (exact) mass is 438 g/mol. The maximum atomic E-state index is 12.4. The molecule has 0 spiro atoms. The van der Waals surface area contributed by atoms with E-state index in [9.17, 15) is 24.3 Å². The number of cyclic esters (lactones) is 1. The zero-order valence-electron chi connectivity index (χ0n) is 18.7. The molecule has 8 heteroatoms.